The summed E-state index contributed by atoms with van der Waals surface area (Å²) in [7, 11) is 1.11. The van der Waals surface area contributed by atoms with Crippen molar-refractivity contribution in [3.63, 3.8) is 0 Å². The lowest BCUT2D eigenvalue weighted by molar-refractivity contribution is -0.517. The smallest absolute Gasteiger partial charge is 0.383 e. The van der Waals surface area contributed by atoms with Gasteiger partial charge in [-0.15, -0.1) is 0 Å². The topological polar surface area (TPSA) is 112 Å². The van der Waals surface area contributed by atoms with Gasteiger partial charge in [0.1, 0.15) is 17.4 Å². The maximum absolute atomic E-state index is 11.7. The lowest BCUT2D eigenvalue weighted by atomic mass is 9.82. The van der Waals surface area contributed by atoms with Crippen molar-refractivity contribution in [1.82, 2.24) is 0 Å². The van der Waals surface area contributed by atoms with Gasteiger partial charge in [-0.2, -0.15) is 0 Å². The Morgan fingerprint density at radius 2 is 2.15 bits per heavy atom. The molecular weight excluding hydrogens is 262 g/mol. The van der Waals surface area contributed by atoms with Crippen LogP contribution in [0, 0.1) is 10.1 Å². The molecule has 0 saturated heterocycles. The number of esters is 1. The molecule has 7 heteroatoms. The second kappa shape index (κ2) is 5.03. The zero-order chi connectivity index (χ0) is 14.9. The van der Waals surface area contributed by atoms with Gasteiger partial charge in [0.15, 0.2) is 0 Å². The van der Waals surface area contributed by atoms with E-state index in [4.69, 9.17) is 5.73 Å². The Hall–Kier alpha value is -2.25. The number of carbonyl (C=O) groups is 1. The summed E-state index contributed by atoms with van der Waals surface area (Å²) >= 11 is 0. The van der Waals surface area contributed by atoms with Gasteiger partial charge in [0.05, 0.1) is 7.11 Å². The van der Waals surface area contributed by atoms with E-state index in [1.165, 1.54) is 6.92 Å². The Morgan fingerprint density at radius 1 is 1.50 bits per heavy atom. The second-order valence-corrected chi connectivity index (χ2v) is 4.83. The van der Waals surface area contributed by atoms with Gasteiger partial charge >= 0.3 is 12.0 Å². The number of rotatable bonds is 4. The maximum atomic E-state index is 11.7. The molecular formula is C13H16N3O4+. The number of ether oxygens (including phenoxy) is 1. The first-order valence-electron chi connectivity index (χ1n) is 6.04. The first-order chi connectivity index (χ1) is 9.39. The summed E-state index contributed by atoms with van der Waals surface area (Å²) in [5, 5.41) is 13.0. The molecule has 2 atom stereocenters. The van der Waals surface area contributed by atoms with Crippen LogP contribution in [0.4, 0.5) is 5.69 Å². The molecule has 0 bridgehead atoms. The van der Waals surface area contributed by atoms with Crippen LogP contribution in [-0.4, -0.2) is 29.6 Å². The van der Waals surface area contributed by atoms with Crippen LogP contribution < -0.4 is 11.1 Å². The molecule has 0 fully saturated rings. The molecule has 4 N–H and O–H groups in total. The maximum Gasteiger partial charge on any atom is 0.383 e. The SMILES string of the molecule is COC(=O)C([N+](=O)[O-])C(C)(N)C1=C[NH2+]c2ccccc21. The van der Waals surface area contributed by atoms with Crippen LogP contribution in [-0.2, 0) is 9.53 Å². The van der Waals surface area contributed by atoms with Gasteiger partial charge in [-0.25, -0.2) is 4.79 Å². The molecule has 1 heterocycles. The third kappa shape index (κ3) is 2.17. The van der Waals surface area contributed by atoms with Gasteiger partial charge in [0.25, 0.3) is 0 Å². The van der Waals surface area contributed by atoms with E-state index in [9.17, 15) is 14.9 Å². The third-order valence-electron chi connectivity index (χ3n) is 3.46. The Bertz CT molecular complexity index is 595. The first-order valence-corrected chi connectivity index (χ1v) is 6.04. The lowest BCUT2D eigenvalue weighted by Gasteiger charge is -2.26. The normalized spacial score (nSPS) is 17.6. The van der Waals surface area contributed by atoms with Crippen molar-refractivity contribution < 1.29 is 19.8 Å². The number of nitrogens with zero attached hydrogens (tertiary/aromatic N) is 1. The van der Waals surface area contributed by atoms with E-state index in [0.717, 1.165) is 18.4 Å². The predicted octanol–water partition coefficient (Wildman–Crippen LogP) is -0.228. The Morgan fingerprint density at radius 3 is 2.75 bits per heavy atom. The molecule has 2 rings (SSSR count). The molecule has 0 aromatic heterocycles. The molecule has 0 amide bonds. The summed E-state index contributed by atoms with van der Waals surface area (Å²) in [6, 6.07) is 5.74. The number of nitrogens with two attached hydrogens (primary N) is 2. The fourth-order valence-corrected chi connectivity index (χ4v) is 2.43. The van der Waals surface area contributed by atoms with Crippen LogP contribution in [0.3, 0.4) is 0 Å². The Balaban J connectivity index is 2.45. The highest BCUT2D eigenvalue weighted by atomic mass is 16.6. The van der Waals surface area contributed by atoms with Crippen LogP contribution in [0.15, 0.2) is 30.5 Å². The minimum absolute atomic E-state index is 0.556. The molecule has 7 nitrogen and oxygen atoms in total. The van der Waals surface area contributed by atoms with Gasteiger partial charge in [0, 0.05) is 22.1 Å². The number of nitro groups is 1. The van der Waals surface area contributed by atoms with Crippen molar-refractivity contribution >= 4 is 17.2 Å². The van der Waals surface area contributed by atoms with Gasteiger partial charge in [-0.1, -0.05) is 12.1 Å². The van der Waals surface area contributed by atoms with Crippen LogP contribution >= 0.6 is 0 Å². The number of methoxy groups -OCH3 is 1. The quantitative estimate of drug-likeness (QED) is 0.342. The summed E-state index contributed by atoms with van der Waals surface area (Å²) in [5.41, 5.74) is 6.95. The number of benzene rings is 1. The molecule has 0 aliphatic carbocycles. The highest BCUT2D eigenvalue weighted by Crippen LogP contribution is 2.34. The average Bonchev–Trinajstić information content (AvgIpc) is 2.82. The number of hydrogen-bond acceptors (Lipinski definition) is 5. The highest BCUT2D eigenvalue weighted by Gasteiger charge is 2.51. The zero-order valence-corrected chi connectivity index (χ0v) is 11.2. The van der Waals surface area contributed by atoms with Crippen molar-refractivity contribution in [2.45, 2.75) is 18.5 Å². The molecule has 1 aliphatic heterocycles. The van der Waals surface area contributed by atoms with Gasteiger partial charge in [-0.05, 0) is 13.0 Å². The van der Waals surface area contributed by atoms with Crippen molar-refractivity contribution in [2.24, 2.45) is 5.73 Å². The first kappa shape index (κ1) is 14.2. The van der Waals surface area contributed by atoms with E-state index in [1.54, 1.807) is 6.20 Å². The largest absolute Gasteiger partial charge is 0.464 e. The number of quaternary nitrogens is 1. The van der Waals surface area contributed by atoms with Crippen molar-refractivity contribution in [3.05, 3.63) is 46.1 Å². The number of para-hydroxylation sites is 1. The number of carbonyl (C=O) groups excluding carboxylic acids is 1. The monoisotopic (exact) mass is 278 g/mol. The summed E-state index contributed by atoms with van der Waals surface area (Å²) in [6.07, 6.45) is 1.71. The summed E-state index contributed by atoms with van der Waals surface area (Å²) < 4.78 is 4.51. The van der Waals surface area contributed by atoms with Crippen molar-refractivity contribution in [1.29, 1.82) is 0 Å². The van der Waals surface area contributed by atoms with Gasteiger partial charge in [-0.3, -0.25) is 15.4 Å². The highest BCUT2D eigenvalue weighted by molar-refractivity contribution is 5.87. The fraction of sp³-hybridized carbons (Fsp3) is 0.308. The Labute approximate surface area is 115 Å². The fourth-order valence-electron chi connectivity index (χ4n) is 2.43. The molecule has 0 spiro atoms. The number of fused-ring (bicyclic) bond motifs is 1. The van der Waals surface area contributed by atoms with Crippen LogP contribution in [0.1, 0.15) is 12.5 Å². The van der Waals surface area contributed by atoms with Crippen LogP contribution in [0.2, 0.25) is 0 Å². The van der Waals surface area contributed by atoms with Gasteiger partial charge < -0.3 is 10.5 Å². The molecule has 1 aromatic carbocycles. The van der Waals surface area contributed by atoms with E-state index >= 15 is 0 Å². The van der Waals surface area contributed by atoms with E-state index in [-0.39, 0.29) is 0 Å². The molecule has 0 radical (unpaired) electrons. The molecule has 20 heavy (non-hydrogen) atoms. The summed E-state index contributed by atoms with van der Waals surface area (Å²) in [5.74, 6) is -0.953. The van der Waals surface area contributed by atoms with E-state index in [2.05, 4.69) is 4.74 Å². The Kier molecular flexibility index (Phi) is 3.56. The van der Waals surface area contributed by atoms with Crippen LogP contribution in [0.5, 0.6) is 0 Å². The molecule has 106 valence electrons. The molecule has 2 unspecified atom stereocenters. The second-order valence-electron chi connectivity index (χ2n) is 4.83. The third-order valence-corrected chi connectivity index (χ3v) is 3.46. The van der Waals surface area contributed by atoms with Crippen molar-refractivity contribution in [3.8, 4) is 0 Å². The standard InChI is InChI=1S/C13H15N3O4/c1-13(14,11(16(18)19)12(17)20-2)9-7-15-10-6-4-3-5-8(9)10/h3-7,11,15H,14H2,1-2H3/p+1. The molecule has 1 aromatic rings. The van der Waals surface area contributed by atoms with Crippen LogP contribution in [0.25, 0.3) is 5.57 Å². The summed E-state index contributed by atoms with van der Waals surface area (Å²) in [6.45, 7) is 1.47. The minimum Gasteiger partial charge on any atom is -0.464 e. The van der Waals surface area contributed by atoms with E-state index < -0.39 is 22.5 Å². The van der Waals surface area contributed by atoms with Crippen molar-refractivity contribution in [2.75, 3.05) is 7.11 Å². The predicted molar refractivity (Wildman–Crippen MR) is 71.4 cm³/mol. The number of hydrogen-bond donors (Lipinski definition) is 2. The van der Waals surface area contributed by atoms with E-state index in [1.807, 2.05) is 29.6 Å². The zero-order valence-electron chi connectivity index (χ0n) is 11.2. The average molecular weight is 278 g/mol. The minimum atomic E-state index is -1.65. The molecule has 0 saturated carbocycles. The lowest BCUT2D eigenvalue weighted by Crippen LogP contribution is -2.69. The summed E-state index contributed by atoms with van der Waals surface area (Å²) in [4.78, 5) is 22.2. The van der Waals surface area contributed by atoms with Gasteiger partial charge in [0.2, 0.25) is 0 Å². The van der Waals surface area contributed by atoms with E-state index in [0.29, 0.717) is 5.57 Å². The molecule has 1 aliphatic rings.